The summed E-state index contributed by atoms with van der Waals surface area (Å²) in [7, 11) is 1.61. The molecule has 0 aliphatic carbocycles. The van der Waals surface area contributed by atoms with Crippen LogP contribution in [0.4, 0.5) is 0 Å². The summed E-state index contributed by atoms with van der Waals surface area (Å²) in [5, 5.41) is 42.9. The van der Waals surface area contributed by atoms with Crippen LogP contribution in [0.1, 0.15) is 17.5 Å². The molecule has 0 aliphatic heterocycles. The van der Waals surface area contributed by atoms with Crippen LogP contribution < -0.4 is 4.74 Å². The van der Waals surface area contributed by atoms with Crippen LogP contribution in [-0.4, -0.2) is 76.3 Å². The molecule has 0 fully saturated rings. The van der Waals surface area contributed by atoms with E-state index in [1.54, 1.807) is 28.9 Å². The molecule has 5 aromatic carbocycles. The van der Waals surface area contributed by atoms with E-state index in [0.717, 1.165) is 61.3 Å². The van der Waals surface area contributed by atoms with Gasteiger partial charge in [0.25, 0.3) is 0 Å². The Bertz CT molecular complexity index is 2640. The molecular formula is C42H33N9O3S2. The Labute approximate surface area is 330 Å². The van der Waals surface area contributed by atoms with Gasteiger partial charge in [-0.25, -0.2) is 0 Å². The fraction of sp³-hybridized carbons (Fsp3) is 0.0952. The van der Waals surface area contributed by atoms with Crippen LogP contribution >= 0.6 is 23.5 Å². The van der Waals surface area contributed by atoms with Crippen molar-refractivity contribution < 1.29 is 14.6 Å². The number of nitrogens with zero attached hydrogens (tertiary/aromatic N) is 9. The van der Waals surface area contributed by atoms with Crippen molar-refractivity contribution in [1.29, 1.82) is 0 Å². The molecule has 276 valence electrons. The quantitative estimate of drug-likeness (QED) is 0.0649. The highest BCUT2D eigenvalue weighted by Gasteiger charge is 2.19. The Morgan fingerprint density at radius 1 is 0.750 bits per heavy atom. The average Bonchev–Trinajstić information content (AvgIpc) is 3.85. The fourth-order valence-corrected chi connectivity index (χ4v) is 7.61. The van der Waals surface area contributed by atoms with Gasteiger partial charge in [-0.05, 0) is 69.6 Å². The first-order valence-corrected chi connectivity index (χ1v) is 19.5. The Morgan fingerprint density at radius 3 is 2.07 bits per heavy atom. The maximum absolute atomic E-state index is 11.6. The van der Waals surface area contributed by atoms with E-state index in [1.807, 2.05) is 97.2 Å². The van der Waals surface area contributed by atoms with Crippen LogP contribution in [0.25, 0.3) is 44.3 Å². The lowest BCUT2D eigenvalue weighted by Crippen LogP contribution is -2.09. The molecule has 0 spiro atoms. The number of thioether (sulfide) groups is 2. The van der Waals surface area contributed by atoms with Gasteiger partial charge in [0, 0.05) is 41.3 Å². The molecule has 0 saturated heterocycles. The third-order valence-corrected chi connectivity index (χ3v) is 10.7. The highest BCUT2D eigenvalue weighted by atomic mass is 32.2. The minimum atomic E-state index is -0.967. The molecule has 0 unspecified atom stereocenters. The standard InChI is InChI=1S/C42H33N9O3S2/c1-54-33-19-17-29(18-20-33)39-45-48-42(56-27-38(52)53)51(39)49-37(28-10-3-2-4-11-28)21-23-55-41-47-46-40(32-14-9-22-43-25-32)50(41)44-26-36-34-15-7-5-12-30(34)24-31-13-6-8-16-35(31)36/h2-20,22,24-26H,21,23,27H2,1H3,(H,52,53)/b44-26+,49-37+. The van der Waals surface area contributed by atoms with Crippen molar-refractivity contribution in [3.63, 3.8) is 0 Å². The summed E-state index contributed by atoms with van der Waals surface area (Å²) >= 11 is 2.55. The van der Waals surface area contributed by atoms with Crippen LogP contribution in [0, 0.1) is 0 Å². The maximum atomic E-state index is 11.6. The van der Waals surface area contributed by atoms with Gasteiger partial charge in [-0.15, -0.1) is 20.4 Å². The van der Waals surface area contributed by atoms with Crippen LogP contribution in [-0.2, 0) is 4.79 Å². The van der Waals surface area contributed by atoms with Crippen LogP contribution in [0.3, 0.4) is 0 Å². The van der Waals surface area contributed by atoms with E-state index in [-0.39, 0.29) is 5.75 Å². The van der Waals surface area contributed by atoms with Crippen molar-refractivity contribution in [2.24, 2.45) is 10.2 Å². The summed E-state index contributed by atoms with van der Waals surface area (Å²) < 4.78 is 8.73. The number of benzene rings is 5. The second-order valence-electron chi connectivity index (χ2n) is 12.4. The van der Waals surface area contributed by atoms with E-state index in [2.05, 4.69) is 55.7 Å². The first-order chi connectivity index (χ1) is 27.6. The molecule has 0 aliphatic rings. The zero-order valence-electron chi connectivity index (χ0n) is 30.0. The van der Waals surface area contributed by atoms with Gasteiger partial charge >= 0.3 is 5.97 Å². The topological polar surface area (TPSA) is 146 Å². The SMILES string of the molecule is COc1ccc(-c2nnc(SCC(=O)O)n2/N=C(\CCSc2nnc(-c3cccnc3)n2/N=C/c2c3ccccc3cc3ccccc23)c2ccccc2)cc1. The van der Waals surface area contributed by atoms with Gasteiger partial charge < -0.3 is 9.84 Å². The molecule has 8 aromatic rings. The number of hydrogen-bond acceptors (Lipinski definition) is 11. The van der Waals surface area contributed by atoms with Crippen molar-refractivity contribution in [3.8, 4) is 28.5 Å². The second kappa shape index (κ2) is 16.8. The normalized spacial score (nSPS) is 11.8. The minimum Gasteiger partial charge on any atom is -0.497 e. The molecule has 14 heteroatoms. The second-order valence-corrected chi connectivity index (χ2v) is 14.4. The summed E-state index contributed by atoms with van der Waals surface area (Å²) in [5.41, 5.74) is 4.17. The Hall–Kier alpha value is -6.64. The van der Waals surface area contributed by atoms with Crippen LogP contribution in [0.15, 0.2) is 154 Å². The van der Waals surface area contributed by atoms with Gasteiger partial charge in [0.2, 0.25) is 10.3 Å². The molecule has 56 heavy (non-hydrogen) atoms. The molecule has 12 nitrogen and oxygen atoms in total. The van der Waals surface area contributed by atoms with E-state index < -0.39 is 5.97 Å². The largest absolute Gasteiger partial charge is 0.497 e. The van der Waals surface area contributed by atoms with Gasteiger partial charge in [0.1, 0.15) is 5.75 Å². The predicted molar refractivity (Wildman–Crippen MR) is 222 cm³/mol. The van der Waals surface area contributed by atoms with Crippen molar-refractivity contribution in [3.05, 3.63) is 145 Å². The van der Waals surface area contributed by atoms with E-state index in [1.165, 1.54) is 11.8 Å². The monoisotopic (exact) mass is 775 g/mol. The number of aliphatic carboxylic acids is 1. The third-order valence-electron chi connectivity index (χ3n) is 8.83. The number of aromatic nitrogens is 7. The lowest BCUT2D eigenvalue weighted by molar-refractivity contribution is -0.133. The van der Waals surface area contributed by atoms with Gasteiger partial charge in [-0.3, -0.25) is 9.78 Å². The zero-order valence-corrected chi connectivity index (χ0v) is 31.6. The summed E-state index contributed by atoms with van der Waals surface area (Å²) in [5.74, 6) is 1.12. The molecule has 0 amide bonds. The zero-order chi connectivity index (χ0) is 38.3. The molecule has 8 rings (SSSR count). The molecule has 1 N–H and O–H groups in total. The van der Waals surface area contributed by atoms with Crippen molar-refractivity contribution in [2.45, 2.75) is 16.7 Å². The summed E-state index contributed by atoms with van der Waals surface area (Å²) in [4.78, 5) is 15.9. The number of carbonyl (C=O) groups is 1. The highest BCUT2D eigenvalue weighted by molar-refractivity contribution is 7.99. The lowest BCUT2D eigenvalue weighted by atomic mass is 9.97. The van der Waals surface area contributed by atoms with E-state index in [0.29, 0.717) is 39.9 Å². The first kappa shape index (κ1) is 36.3. The van der Waals surface area contributed by atoms with Gasteiger partial charge in [0.15, 0.2) is 11.6 Å². The van der Waals surface area contributed by atoms with Crippen LogP contribution in [0.5, 0.6) is 5.75 Å². The summed E-state index contributed by atoms with van der Waals surface area (Å²) in [6.07, 6.45) is 5.86. The molecular weight excluding hydrogens is 743 g/mol. The van der Waals surface area contributed by atoms with Crippen LogP contribution in [0.2, 0.25) is 0 Å². The lowest BCUT2D eigenvalue weighted by Gasteiger charge is -2.11. The number of ether oxygens (including phenoxy) is 1. The highest BCUT2D eigenvalue weighted by Crippen LogP contribution is 2.30. The molecule has 0 radical (unpaired) electrons. The van der Waals surface area contributed by atoms with Gasteiger partial charge in [-0.2, -0.15) is 19.6 Å². The number of hydrogen-bond donors (Lipinski definition) is 1. The van der Waals surface area contributed by atoms with E-state index >= 15 is 0 Å². The van der Waals surface area contributed by atoms with E-state index in [4.69, 9.17) is 14.9 Å². The molecule has 0 saturated carbocycles. The Balaban J connectivity index is 1.15. The Kier molecular flexibility index (Phi) is 10.9. The molecule has 3 heterocycles. The number of carboxylic acid groups (broad SMARTS) is 1. The number of rotatable bonds is 14. The fourth-order valence-electron chi connectivity index (χ4n) is 6.17. The average molecular weight is 776 g/mol. The minimum absolute atomic E-state index is 0.198. The van der Waals surface area contributed by atoms with E-state index in [9.17, 15) is 9.90 Å². The summed E-state index contributed by atoms with van der Waals surface area (Å²) in [6.45, 7) is 0. The molecule has 0 bridgehead atoms. The number of pyridine rings is 1. The number of methoxy groups -OCH3 is 1. The third kappa shape index (κ3) is 7.92. The Morgan fingerprint density at radius 2 is 1.41 bits per heavy atom. The van der Waals surface area contributed by atoms with Crippen molar-refractivity contribution in [1.82, 2.24) is 34.7 Å². The van der Waals surface area contributed by atoms with Crippen molar-refractivity contribution >= 4 is 63.0 Å². The predicted octanol–water partition coefficient (Wildman–Crippen LogP) is 8.41. The number of carboxylic acids is 1. The molecule has 3 aromatic heterocycles. The first-order valence-electron chi connectivity index (χ1n) is 17.6. The summed E-state index contributed by atoms with van der Waals surface area (Å²) in [6, 6.07) is 39.8. The molecule has 0 atom stereocenters. The van der Waals surface area contributed by atoms with Gasteiger partial charge in [0.05, 0.1) is 24.8 Å². The van der Waals surface area contributed by atoms with Crippen molar-refractivity contribution in [2.75, 3.05) is 18.6 Å². The smallest absolute Gasteiger partial charge is 0.313 e. The number of fused-ring (bicyclic) bond motifs is 2. The van der Waals surface area contributed by atoms with Gasteiger partial charge in [-0.1, -0.05) is 102 Å². The maximum Gasteiger partial charge on any atom is 0.313 e.